The summed E-state index contributed by atoms with van der Waals surface area (Å²) in [6.45, 7) is 6.45. The Hall–Kier alpha value is -3.11. The Morgan fingerprint density at radius 2 is 2.00 bits per heavy atom. The first-order valence-electron chi connectivity index (χ1n) is 8.60. The monoisotopic (exact) mass is 368 g/mol. The standard InChI is InChI=1S/C20H24N4O3/c1-13(2)10-20(3,23)12-26-17-5-4-14(8-16(17)11-21)15-6-7-24-18(9-15)27-19(22)25/h4-9,13H,10,12,23H2,1-3H3,(H2,22,25). The van der Waals surface area contributed by atoms with Crippen molar-refractivity contribution in [1.29, 1.82) is 5.26 Å². The van der Waals surface area contributed by atoms with Crippen LogP contribution in [-0.2, 0) is 0 Å². The predicted octanol–water partition coefficient (Wildman–Crippen LogP) is 3.22. The molecule has 1 heterocycles. The molecule has 7 nitrogen and oxygen atoms in total. The van der Waals surface area contributed by atoms with Crippen LogP contribution in [0.2, 0.25) is 0 Å². The first-order chi connectivity index (χ1) is 12.7. The molecule has 1 atom stereocenters. The van der Waals surface area contributed by atoms with Crippen LogP contribution in [0.3, 0.4) is 0 Å². The molecule has 0 saturated heterocycles. The SMILES string of the molecule is CC(C)CC(C)(N)COc1ccc(-c2ccnc(OC(N)=O)c2)cc1C#N. The molecule has 7 heteroatoms. The molecule has 0 fully saturated rings. The second kappa shape index (κ2) is 8.52. The van der Waals surface area contributed by atoms with Crippen molar-refractivity contribution < 1.29 is 14.3 Å². The highest BCUT2D eigenvalue weighted by atomic mass is 16.6. The summed E-state index contributed by atoms with van der Waals surface area (Å²) in [5.41, 5.74) is 12.7. The van der Waals surface area contributed by atoms with Gasteiger partial charge in [-0.15, -0.1) is 0 Å². The molecule has 0 aliphatic rings. The number of amides is 1. The summed E-state index contributed by atoms with van der Waals surface area (Å²) >= 11 is 0. The first-order valence-corrected chi connectivity index (χ1v) is 8.60. The highest BCUT2D eigenvalue weighted by molar-refractivity contribution is 5.70. The van der Waals surface area contributed by atoms with E-state index in [-0.39, 0.29) is 5.88 Å². The van der Waals surface area contributed by atoms with E-state index in [9.17, 15) is 10.1 Å². The van der Waals surface area contributed by atoms with Crippen LogP contribution in [0.5, 0.6) is 11.6 Å². The Morgan fingerprint density at radius 1 is 1.30 bits per heavy atom. The second-order valence-corrected chi connectivity index (χ2v) is 7.17. The molecule has 2 rings (SSSR count). The van der Waals surface area contributed by atoms with Crippen LogP contribution in [-0.4, -0.2) is 23.2 Å². The number of pyridine rings is 1. The molecule has 4 N–H and O–H groups in total. The van der Waals surface area contributed by atoms with Crippen LogP contribution in [0.1, 0.15) is 32.8 Å². The second-order valence-electron chi connectivity index (χ2n) is 7.17. The highest BCUT2D eigenvalue weighted by Gasteiger charge is 2.21. The van der Waals surface area contributed by atoms with E-state index in [0.29, 0.717) is 23.8 Å². The molecule has 1 unspecified atom stereocenters. The molecular weight excluding hydrogens is 344 g/mol. The maximum absolute atomic E-state index is 10.9. The van der Waals surface area contributed by atoms with Gasteiger partial charge < -0.3 is 20.9 Å². The van der Waals surface area contributed by atoms with Gasteiger partial charge in [-0.05, 0) is 48.6 Å². The van der Waals surface area contributed by atoms with Crippen molar-refractivity contribution in [2.24, 2.45) is 17.4 Å². The van der Waals surface area contributed by atoms with Gasteiger partial charge >= 0.3 is 6.09 Å². The molecule has 1 aromatic carbocycles. The molecule has 0 bridgehead atoms. The largest absolute Gasteiger partial charge is 0.490 e. The Bertz CT molecular complexity index is 857. The van der Waals surface area contributed by atoms with Gasteiger partial charge in [0.25, 0.3) is 0 Å². The average molecular weight is 368 g/mol. The Balaban J connectivity index is 2.21. The average Bonchev–Trinajstić information content (AvgIpc) is 2.58. The summed E-state index contributed by atoms with van der Waals surface area (Å²) in [5.74, 6) is 1.01. The van der Waals surface area contributed by atoms with Crippen molar-refractivity contribution in [2.75, 3.05) is 6.61 Å². The minimum Gasteiger partial charge on any atom is -0.490 e. The third kappa shape index (κ3) is 5.97. The molecule has 27 heavy (non-hydrogen) atoms. The summed E-state index contributed by atoms with van der Waals surface area (Å²) in [5, 5.41) is 9.48. The Kier molecular flexibility index (Phi) is 6.37. The van der Waals surface area contributed by atoms with E-state index in [1.54, 1.807) is 24.3 Å². The fourth-order valence-electron chi connectivity index (χ4n) is 2.90. The molecule has 0 aliphatic heterocycles. The summed E-state index contributed by atoms with van der Waals surface area (Å²) in [4.78, 5) is 14.8. The number of rotatable bonds is 7. The molecule has 0 aliphatic carbocycles. The summed E-state index contributed by atoms with van der Waals surface area (Å²) in [6.07, 6.45) is 1.37. The zero-order chi connectivity index (χ0) is 20.0. The van der Waals surface area contributed by atoms with Gasteiger partial charge in [-0.2, -0.15) is 5.26 Å². The number of nitriles is 1. The van der Waals surface area contributed by atoms with E-state index in [0.717, 1.165) is 17.5 Å². The minimum absolute atomic E-state index is 0.0893. The lowest BCUT2D eigenvalue weighted by atomic mass is 9.93. The van der Waals surface area contributed by atoms with E-state index < -0.39 is 11.6 Å². The van der Waals surface area contributed by atoms with E-state index in [4.69, 9.17) is 20.9 Å². The smallest absolute Gasteiger partial charge is 0.411 e. The van der Waals surface area contributed by atoms with Gasteiger partial charge in [0.1, 0.15) is 18.4 Å². The van der Waals surface area contributed by atoms with Gasteiger partial charge in [0.15, 0.2) is 0 Å². The van der Waals surface area contributed by atoms with Crippen LogP contribution in [0.4, 0.5) is 4.79 Å². The van der Waals surface area contributed by atoms with Crippen molar-refractivity contribution in [1.82, 2.24) is 4.98 Å². The summed E-state index contributed by atoms with van der Waals surface area (Å²) in [6, 6.07) is 10.7. The number of nitrogens with two attached hydrogens (primary N) is 2. The van der Waals surface area contributed by atoms with Gasteiger partial charge in [-0.3, -0.25) is 0 Å². The molecule has 0 saturated carbocycles. The summed E-state index contributed by atoms with van der Waals surface area (Å²) in [7, 11) is 0. The van der Waals surface area contributed by atoms with Crippen molar-refractivity contribution in [2.45, 2.75) is 32.7 Å². The maximum Gasteiger partial charge on any atom is 0.411 e. The Morgan fingerprint density at radius 3 is 2.63 bits per heavy atom. The van der Waals surface area contributed by atoms with Crippen molar-refractivity contribution in [3.05, 3.63) is 42.1 Å². The van der Waals surface area contributed by atoms with Gasteiger partial charge in [-0.1, -0.05) is 19.9 Å². The molecule has 0 radical (unpaired) electrons. The number of ether oxygens (including phenoxy) is 2. The van der Waals surface area contributed by atoms with Crippen LogP contribution < -0.4 is 20.9 Å². The number of nitrogens with zero attached hydrogens (tertiary/aromatic N) is 2. The normalized spacial score (nSPS) is 12.9. The quantitative estimate of drug-likeness (QED) is 0.773. The minimum atomic E-state index is -0.938. The van der Waals surface area contributed by atoms with Gasteiger partial charge in [0.2, 0.25) is 5.88 Å². The summed E-state index contributed by atoms with van der Waals surface area (Å²) < 4.78 is 10.6. The molecule has 1 aromatic heterocycles. The number of carbonyl (C=O) groups excluding carboxylic acids is 1. The van der Waals surface area contributed by atoms with Crippen LogP contribution in [0.15, 0.2) is 36.5 Å². The fourth-order valence-corrected chi connectivity index (χ4v) is 2.90. The zero-order valence-electron chi connectivity index (χ0n) is 15.7. The fraction of sp³-hybridized carbons (Fsp3) is 0.350. The molecule has 2 aromatic rings. The number of primary amides is 1. The van der Waals surface area contributed by atoms with Gasteiger partial charge in [0.05, 0.1) is 5.56 Å². The maximum atomic E-state index is 10.9. The molecule has 0 spiro atoms. The lowest BCUT2D eigenvalue weighted by Gasteiger charge is -2.26. The van der Waals surface area contributed by atoms with E-state index in [2.05, 4.69) is 24.9 Å². The molecule has 1 amide bonds. The highest BCUT2D eigenvalue weighted by Crippen LogP contribution is 2.28. The van der Waals surface area contributed by atoms with E-state index in [1.165, 1.54) is 6.20 Å². The van der Waals surface area contributed by atoms with Crippen LogP contribution in [0, 0.1) is 17.2 Å². The third-order valence-electron chi connectivity index (χ3n) is 3.81. The van der Waals surface area contributed by atoms with Crippen molar-refractivity contribution >= 4 is 6.09 Å². The lowest BCUT2D eigenvalue weighted by molar-refractivity contribution is 0.206. The van der Waals surface area contributed by atoms with E-state index in [1.807, 2.05) is 13.0 Å². The molecule has 142 valence electrons. The predicted molar refractivity (Wildman–Crippen MR) is 102 cm³/mol. The van der Waals surface area contributed by atoms with Crippen LogP contribution in [0.25, 0.3) is 11.1 Å². The first kappa shape index (κ1) is 20.2. The zero-order valence-corrected chi connectivity index (χ0v) is 15.7. The van der Waals surface area contributed by atoms with Crippen molar-refractivity contribution in [3.8, 4) is 28.8 Å². The van der Waals surface area contributed by atoms with Gasteiger partial charge in [-0.25, -0.2) is 9.78 Å². The number of benzene rings is 1. The Labute approximate surface area is 158 Å². The topological polar surface area (TPSA) is 124 Å². The number of carbonyl (C=O) groups is 1. The van der Waals surface area contributed by atoms with Crippen LogP contribution >= 0.6 is 0 Å². The lowest BCUT2D eigenvalue weighted by Crippen LogP contribution is -2.43. The number of hydrogen-bond acceptors (Lipinski definition) is 6. The molecular formula is C20H24N4O3. The number of aromatic nitrogens is 1. The third-order valence-corrected chi connectivity index (χ3v) is 3.81. The van der Waals surface area contributed by atoms with Crippen molar-refractivity contribution in [3.63, 3.8) is 0 Å². The number of hydrogen-bond donors (Lipinski definition) is 2. The van der Waals surface area contributed by atoms with E-state index >= 15 is 0 Å². The van der Waals surface area contributed by atoms with Gasteiger partial charge in [0, 0.05) is 17.8 Å².